The van der Waals surface area contributed by atoms with E-state index in [-0.39, 0.29) is 6.42 Å². The molecule has 2 aromatic rings. The maximum Gasteiger partial charge on any atom is 0.129 e. The Morgan fingerprint density at radius 2 is 1.95 bits per heavy atom. The second-order valence-electron chi connectivity index (χ2n) is 5.43. The highest BCUT2D eigenvalue weighted by molar-refractivity contribution is 5.39. The van der Waals surface area contributed by atoms with Crippen molar-refractivity contribution >= 4 is 0 Å². The van der Waals surface area contributed by atoms with E-state index >= 15 is 0 Å². The van der Waals surface area contributed by atoms with Gasteiger partial charge in [-0.25, -0.2) is 8.78 Å². The number of hydrogen-bond donors (Lipinski definition) is 1. The number of fused-ring (bicyclic) bond motifs is 1. The Morgan fingerprint density at radius 3 is 2.70 bits per heavy atom. The maximum atomic E-state index is 13.5. The zero-order valence-electron chi connectivity index (χ0n) is 11.0. The van der Waals surface area contributed by atoms with E-state index < -0.39 is 17.7 Å². The van der Waals surface area contributed by atoms with E-state index in [1.165, 1.54) is 23.3 Å². The summed E-state index contributed by atoms with van der Waals surface area (Å²) in [5, 5.41) is 10.1. The first-order chi connectivity index (χ1) is 9.63. The lowest BCUT2D eigenvalue weighted by Gasteiger charge is -2.31. The highest BCUT2D eigenvalue weighted by atomic mass is 19.1. The van der Waals surface area contributed by atoms with Crippen molar-refractivity contribution in [2.45, 2.75) is 31.3 Å². The molecule has 0 radical (unpaired) electrons. The summed E-state index contributed by atoms with van der Waals surface area (Å²) in [4.78, 5) is 0. The van der Waals surface area contributed by atoms with Crippen LogP contribution in [0, 0.1) is 11.6 Å². The molecule has 1 nitrogen and oxygen atoms in total. The summed E-state index contributed by atoms with van der Waals surface area (Å²) in [6.45, 7) is 0. The van der Waals surface area contributed by atoms with Gasteiger partial charge in [0.25, 0.3) is 0 Å². The van der Waals surface area contributed by atoms with Crippen molar-refractivity contribution in [1.82, 2.24) is 0 Å². The summed E-state index contributed by atoms with van der Waals surface area (Å²) in [5.41, 5.74) is 2.98. The molecule has 0 aromatic heterocycles. The summed E-state index contributed by atoms with van der Waals surface area (Å²) in [6, 6.07) is 11.7. The molecular formula is C17H16F2O. The Bertz CT molecular complexity index is 624. The Balaban J connectivity index is 1.62. The van der Waals surface area contributed by atoms with E-state index in [0.717, 1.165) is 12.5 Å². The van der Waals surface area contributed by atoms with Crippen molar-refractivity contribution in [2.75, 3.05) is 0 Å². The molecule has 0 aliphatic heterocycles. The van der Waals surface area contributed by atoms with Crippen LogP contribution < -0.4 is 0 Å². The fraction of sp³-hybridized carbons (Fsp3) is 0.294. The zero-order chi connectivity index (χ0) is 14.1. The molecule has 20 heavy (non-hydrogen) atoms. The fourth-order valence-electron chi connectivity index (χ4n) is 2.93. The third kappa shape index (κ3) is 2.59. The SMILES string of the molecule is OC(Cc1ccc(F)cc1F)CC1Cc2ccccc21. The number of hydrogen-bond acceptors (Lipinski definition) is 1. The van der Waals surface area contributed by atoms with Crippen LogP contribution in [0.2, 0.25) is 0 Å². The van der Waals surface area contributed by atoms with Gasteiger partial charge in [-0.15, -0.1) is 0 Å². The van der Waals surface area contributed by atoms with Crippen LogP contribution in [0.25, 0.3) is 0 Å². The number of rotatable bonds is 4. The molecule has 1 N–H and O–H groups in total. The molecule has 3 rings (SSSR count). The predicted octanol–water partition coefficient (Wildman–Crippen LogP) is 3.60. The van der Waals surface area contributed by atoms with Crippen molar-refractivity contribution < 1.29 is 13.9 Å². The average molecular weight is 274 g/mol. The van der Waals surface area contributed by atoms with Gasteiger partial charge in [-0.3, -0.25) is 0 Å². The predicted molar refractivity (Wildman–Crippen MR) is 73.6 cm³/mol. The molecule has 2 unspecified atom stereocenters. The van der Waals surface area contributed by atoms with Crippen molar-refractivity contribution in [3.05, 3.63) is 70.8 Å². The maximum absolute atomic E-state index is 13.5. The number of halogens is 2. The lowest BCUT2D eigenvalue weighted by atomic mass is 9.74. The molecule has 2 aromatic carbocycles. The minimum absolute atomic E-state index is 0.227. The van der Waals surface area contributed by atoms with Gasteiger partial charge in [-0.1, -0.05) is 30.3 Å². The van der Waals surface area contributed by atoms with Crippen LogP contribution in [0.4, 0.5) is 8.78 Å². The Kier molecular flexibility index (Phi) is 3.53. The van der Waals surface area contributed by atoms with Crippen molar-refractivity contribution in [2.24, 2.45) is 0 Å². The first-order valence-corrected chi connectivity index (χ1v) is 6.83. The van der Waals surface area contributed by atoms with E-state index in [0.29, 0.717) is 17.9 Å². The molecule has 1 aliphatic rings. The van der Waals surface area contributed by atoms with Crippen LogP contribution in [-0.4, -0.2) is 11.2 Å². The highest BCUT2D eigenvalue weighted by Gasteiger charge is 2.27. The van der Waals surface area contributed by atoms with Crippen LogP contribution >= 0.6 is 0 Å². The van der Waals surface area contributed by atoms with E-state index in [1.807, 2.05) is 12.1 Å². The van der Waals surface area contributed by atoms with E-state index in [2.05, 4.69) is 12.1 Å². The molecule has 3 heteroatoms. The summed E-state index contributed by atoms with van der Waals surface area (Å²) in [7, 11) is 0. The largest absolute Gasteiger partial charge is 0.393 e. The Labute approximate surface area is 116 Å². The highest BCUT2D eigenvalue weighted by Crippen LogP contribution is 2.38. The van der Waals surface area contributed by atoms with E-state index in [1.54, 1.807) is 0 Å². The molecular weight excluding hydrogens is 258 g/mol. The van der Waals surface area contributed by atoms with Gasteiger partial charge in [0.15, 0.2) is 0 Å². The van der Waals surface area contributed by atoms with E-state index in [9.17, 15) is 13.9 Å². The minimum atomic E-state index is -0.603. The van der Waals surface area contributed by atoms with Gasteiger partial charge in [0.05, 0.1) is 6.10 Å². The van der Waals surface area contributed by atoms with Crippen LogP contribution in [-0.2, 0) is 12.8 Å². The molecule has 0 amide bonds. The molecule has 1 aliphatic carbocycles. The second-order valence-corrected chi connectivity index (χ2v) is 5.43. The van der Waals surface area contributed by atoms with Gasteiger partial charge in [0, 0.05) is 12.5 Å². The molecule has 0 fully saturated rings. The topological polar surface area (TPSA) is 20.2 Å². The normalized spacial score (nSPS) is 18.2. The van der Waals surface area contributed by atoms with Crippen LogP contribution in [0.1, 0.15) is 29.0 Å². The minimum Gasteiger partial charge on any atom is -0.393 e. The number of aliphatic hydroxyl groups is 1. The van der Waals surface area contributed by atoms with Gasteiger partial charge in [-0.2, -0.15) is 0 Å². The molecule has 0 heterocycles. The Hall–Kier alpha value is -1.74. The molecule has 0 bridgehead atoms. The van der Waals surface area contributed by atoms with Crippen LogP contribution in [0.5, 0.6) is 0 Å². The zero-order valence-corrected chi connectivity index (χ0v) is 11.0. The molecule has 0 spiro atoms. The lowest BCUT2D eigenvalue weighted by molar-refractivity contribution is 0.150. The fourth-order valence-corrected chi connectivity index (χ4v) is 2.93. The third-order valence-electron chi connectivity index (χ3n) is 3.99. The van der Waals surface area contributed by atoms with Crippen LogP contribution in [0.15, 0.2) is 42.5 Å². The second kappa shape index (κ2) is 5.33. The number of aliphatic hydroxyl groups excluding tert-OH is 1. The van der Waals surface area contributed by atoms with Crippen molar-refractivity contribution in [1.29, 1.82) is 0 Å². The van der Waals surface area contributed by atoms with Gasteiger partial charge in [0.1, 0.15) is 11.6 Å². The van der Waals surface area contributed by atoms with Crippen molar-refractivity contribution in [3.63, 3.8) is 0 Å². The number of benzene rings is 2. The summed E-state index contributed by atoms with van der Waals surface area (Å²) in [5.74, 6) is -0.823. The summed E-state index contributed by atoms with van der Waals surface area (Å²) >= 11 is 0. The molecule has 0 saturated carbocycles. The summed E-state index contributed by atoms with van der Waals surface area (Å²) < 4.78 is 26.4. The molecule has 2 atom stereocenters. The average Bonchev–Trinajstić information content (AvgIpc) is 2.39. The van der Waals surface area contributed by atoms with Gasteiger partial charge in [0.2, 0.25) is 0 Å². The third-order valence-corrected chi connectivity index (χ3v) is 3.99. The van der Waals surface area contributed by atoms with Crippen molar-refractivity contribution in [3.8, 4) is 0 Å². The Morgan fingerprint density at radius 1 is 1.15 bits per heavy atom. The van der Waals surface area contributed by atoms with Gasteiger partial charge >= 0.3 is 0 Å². The molecule has 0 saturated heterocycles. The standard InChI is InChI=1S/C17H16F2O/c18-14-6-5-12(17(19)10-14)8-15(20)9-13-7-11-3-1-2-4-16(11)13/h1-6,10,13,15,20H,7-9H2. The first kappa shape index (κ1) is 13.3. The van der Waals surface area contributed by atoms with Gasteiger partial charge in [-0.05, 0) is 41.5 Å². The first-order valence-electron chi connectivity index (χ1n) is 6.83. The van der Waals surface area contributed by atoms with E-state index in [4.69, 9.17) is 0 Å². The summed E-state index contributed by atoms with van der Waals surface area (Å²) in [6.07, 6.45) is 1.21. The van der Waals surface area contributed by atoms with Gasteiger partial charge < -0.3 is 5.11 Å². The monoisotopic (exact) mass is 274 g/mol. The van der Waals surface area contributed by atoms with Crippen LogP contribution in [0.3, 0.4) is 0 Å². The lowest BCUT2D eigenvalue weighted by Crippen LogP contribution is -2.23. The smallest absolute Gasteiger partial charge is 0.129 e. The molecule has 104 valence electrons. The quantitative estimate of drug-likeness (QED) is 0.903.